The summed E-state index contributed by atoms with van der Waals surface area (Å²) >= 11 is 0. The molecule has 0 aromatic heterocycles. The summed E-state index contributed by atoms with van der Waals surface area (Å²) in [6.45, 7) is 3.43. The second kappa shape index (κ2) is 6.78. The van der Waals surface area contributed by atoms with Gasteiger partial charge in [-0.25, -0.2) is 4.79 Å². The van der Waals surface area contributed by atoms with Gasteiger partial charge in [0.15, 0.2) is 0 Å². The predicted molar refractivity (Wildman–Crippen MR) is 70.7 cm³/mol. The van der Waals surface area contributed by atoms with Crippen molar-refractivity contribution in [3.63, 3.8) is 0 Å². The van der Waals surface area contributed by atoms with Crippen molar-refractivity contribution in [2.75, 3.05) is 7.05 Å². The van der Waals surface area contributed by atoms with Gasteiger partial charge >= 0.3 is 12.1 Å². The summed E-state index contributed by atoms with van der Waals surface area (Å²) in [6, 6.07) is 8.89. The minimum atomic E-state index is -0.935. The molecule has 0 radical (unpaired) electrons. The van der Waals surface area contributed by atoms with Crippen LogP contribution in [0, 0.1) is 5.92 Å². The lowest BCUT2D eigenvalue weighted by Crippen LogP contribution is -2.41. The first kappa shape index (κ1) is 15.0. The molecule has 0 aliphatic rings. The van der Waals surface area contributed by atoms with Crippen molar-refractivity contribution < 1.29 is 19.4 Å². The fourth-order valence-corrected chi connectivity index (χ4v) is 1.53. The average molecular weight is 265 g/mol. The van der Waals surface area contributed by atoms with E-state index >= 15 is 0 Å². The molecular weight excluding hydrogens is 246 g/mol. The largest absolute Gasteiger partial charge is 0.481 e. The second-order valence-electron chi connectivity index (χ2n) is 4.52. The quantitative estimate of drug-likeness (QED) is 0.887. The second-order valence-corrected chi connectivity index (χ2v) is 4.52. The van der Waals surface area contributed by atoms with Crippen LogP contribution < -0.4 is 0 Å². The maximum atomic E-state index is 11.8. The molecule has 19 heavy (non-hydrogen) atoms. The SMILES string of the molecule is C[C@H](C(=O)O)[C@H](C)N(C)C(=O)OCc1ccccc1. The third kappa shape index (κ3) is 4.28. The molecule has 0 aliphatic heterocycles. The Labute approximate surface area is 112 Å². The zero-order valence-corrected chi connectivity index (χ0v) is 11.4. The molecule has 104 valence electrons. The van der Waals surface area contributed by atoms with Gasteiger partial charge in [-0.15, -0.1) is 0 Å². The molecule has 0 bridgehead atoms. The van der Waals surface area contributed by atoms with Crippen LogP contribution in [0.5, 0.6) is 0 Å². The number of carboxylic acid groups (broad SMARTS) is 1. The summed E-state index contributed by atoms with van der Waals surface area (Å²) in [5.41, 5.74) is 0.892. The van der Waals surface area contributed by atoms with Gasteiger partial charge in [-0.05, 0) is 19.4 Å². The molecule has 0 fully saturated rings. The van der Waals surface area contributed by atoms with Crippen LogP contribution in [0.4, 0.5) is 4.79 Å². The first-order chi connectivity index (χ1) is 8.93. The highest BCUT2D eigenvalue weighted by molar-refractivity contribution is 5.73. The lowest BCUT2D eigenvalue weighted by molar-refractivity contribution is -0.142. The summed E-state index contributed by atoms with van der Waals surface area (Å²) in [6.07, 6.45) is -0.524. The monoisotopic (exact) mass is 265 g/mol. The Morgan fingerprint density at radius 2 is 1.84 bits per heavy atom. The number of carboxylic acids is 1. The number of carbonyl (C=O) groups is 2. The van der Waals surface area contributed by atoms with Crippen molar-refractivity contribution in [2.24, 2.45) is 5.92 Å². The van der Waals surface area contributed by atoms with Gasteiger partial charge in [-0.3, -0.25) is 4.79 Å². The molecule has 1 aromatic rings. The van der Waals surface area contributed by atoms with Crippen molar-refractivity contribution in [1.82, 2.24) is 4.90 Å². The van der Waals surface area contributed by atoms with E-state index in [0.29, 0.717) is 0 Å². The lowest BCUT2D eigenvalue weighted by atomic mass is 10.0. The van der Waals surface area contributed by atoms with Gasteiger partial charge in [-0.1, -0.05) is 30.3 Å². The van der Waals surface area contributed by atoms with Crippen molar-refractivity contribution in [1.29, 1.82) is 0 Å². The summed E-state index contributed by atoms with van der Waals surface area (Å²) in [7, 11) is 1.54. The van der Waals surface area contributed by atoms with Crippen molar-refractivity contribution in [2.45, 2.75) is 26.5 Å². The topological polar surface area (TPSA) is 66.8 Å². The molecule has 0 unspecified atom stereocenters. The Morgan fingerprint density at radius 3 is 2.37 bits per heavy atom. The lowest BCUT2D eigenvalue weighted by Gasteiger charge is -2.27. The molecule has 0 aliphatic carbocycles. The van der Waals surface area contributed by atoms with E-state index in [1.54, 1.807) is 13.8 Å². The Balaban J connectivity index is 2.51. The molecule has 0 spiro atoms. The van der Waals surface area contributed by atoms with Gasteiger partial charge in [0.2, 0.25) is 0 Å². The van der Waals surface area contributed by atoms with E-state index < -0.39 is 24.0 Å². The Morgan fingerprint density at radius 1 is 1.26 bits per heavy atom. The fraction of sp³-hybridized carbons (Fsp3) is 0.429. The Kier molecular flexibility index (Phi) is 5.36. The van der Waals surface area contributed by atoms with Gasteiger partial charge in [0, 0.05) is 13.1 Å². The average Bonchev–Trinajstić information content (AvgIpc) is 2.43. The van der Waals surface area contributed by atoms with E-state index in [9.17, 15) is 9.59 Å². The van der Waals surface area contributed by atoms with Crippen LogP contribution in [0.3, 0.4) is 0 Å². The van der Waals surface area contributed by atoms with Gasteiger partial charge in [0.05, 0.1) is 5.92 Å². The summed E-state index contributed by atoms with van der Waals surface area (Å²) in [5, 5.41) is 8.91. The molecule has 2 atom stereocenters. The van der Waals surface area contributed by atoms with Crippen LogP contribution in [-0.4, -0.2) is 35.2 Å². The molecule has 1 aromatic carbocycles. The van der Waals surface area contributed by atoms with Gasteiger partial charge in [-0.2, -0.15) is 0 Å². The number of hydrogen-bond acceptors (Lipinski definition) is 3. The third-order valence-electron chi connectivity index (χ3n) is 3.22. The molecule has 0 saturated carbocycles. The zero-order valence-electron chi connectivity index (χ0n) is 11.4. The van der Waals surface area contributed by atoms with Gasteiger partial charge in [0.25, 0.3) is 0 Å². The minimum Gasteiger partial charge on any atom is -0.481 e. The van der Waals surface area contributed by atoms with Crippen molar-refractivity contribution in [3.8, 4) is 0 Å². The maximum absolute atomic E-state index is 11.8. The molecule has 0 saturated heterocycles. The van der Waals surface area contributed by atoms with E-state index in [0.717, 1.165) is 5.56 Å². The predicted octanol–water partition coefficient (Wildman–Crippen LogP) is 2.36. The van der Waals surface area contributed by atoms with Crippen molar-refractivity contribution >= 4 is 12.1 Å². The van der Waals surface area contributed by atoms with E-state index in [2.05, 4.69) is 0 Å². The number of ether oxygens (including phenoxy) is 1. The highest BCUT2D eigenvalue weighted by Gasteiger charge is 2.26. The standard InChI is InChI=1S/C14H19NO4/c1-10(13(16)17)11(2)15(3)14(18)19-9-12-7-5-4-6-8-12/h4-8,10-11H,9H2,1-3H3,(H,16,17)/t10-,11-/m0/s1. The molecular formula is C14H19NO4. The first-order valence-corrected chi connectivity index (χ1v) is 6.09. The van der Waals surface area contributed by atoms with E-state index in [4.69, 9.17) is 9.84 Å². The van der Waals surface area contributed by atoms with Crippen LogP contribution in [0.15, 0.2) is 30.3 Å². The van der Waals surface area contributed by atoms with Crippen LogP contribution in [0.25, 0.3) is 0 Å². The molecule has 5 heteroatoms. The zero-order chi connectivity index (χ0) is 14.4. The maximum Gasteiger partial charge on any atom is 0.410 e. The highest BCUT2D eigenvalue weighted by Crippen LogP contribution is 2.11. The number of benzene rings is 1. The molecule has 1 rings (SSSR count). The number of rotatable bonds is 5. The number of aliphatic carboxylic acids is 1. The Bertz CT molecular complexity index is 432. The summed E-state index contributed by atoms with van der Waals surface area (Å²) in [4.78, 5) is 24.0. The Hall–Kier alpha value is -2.04. The molecule has 1 amide bonds. The highest BCUT2D eigenvalue weighted by atomic mass is 16.6. The normalized spacial score (nSPS) is 13.4. The summed E-state index contributed by atoms with van der Waals surface area (Å²) < 4.78 is 5.13. The number of amides is 1. The number of carbonyl (C=O) groups excluding carboxylic acids is 1. The van der Waals surface area contributed by atoms with Gasteiger partial charge in [0.1, 0.15) is 6.61 Å². The number of nitrogens with zero attached hydrogens (tertiary/aromatic N) is 1. The minimum absolute atomic E-state index is 0.179. The van der Waals surface area contributed by atoms with Crippen LogP contribution >= 0.6 is 0 Å². The molecule has 0 heterocycles. The van der Waals surface area contributed by atoms with E-state index in [-0.39, 0.29) is 6.61 Å². The van der Waals surface area contributed by atoms with Crippen LogP contribution in [-0.2, 0) is 16.1 Å². The number of hydrogen-bond donors (Lipinski definition) is 1. The first-order valence-electron chi connectivity index (χ1n) is 6.09. The van der Waals surface area contributed by atoms with E-state index in [1.807, 2.05) is 30.3 Å². The van der Waals surface area contributed by atoms with Gasteiger partial charge < -0.3 is 14.7 Å². The fourth-order valence-electron chi connectivity index (χ4n) is 1.53. The molecule has 5 nitrogen and oxygen atoms in total. The van der Waals surface area contributed by atoms with Crippen LogP contribution in [0.2, 0.25) is 0 Å². The summed E-state index contributed by atoms with van der Waals surface area (Å²) in [5.74, 6) is -1.58. The van der Waals surface area contributed by atoms with Crippen molar-refractivity contribution in [3.05, 3.63) is 35.9 Å². The molecule has 1 N–H and O–H groups in total. The van der Waals surface area contributed by atoms with E-state index in [1.165, 1.54) is 11.9 Å². The smallest absolute Gasteiger partial charge is 0.410 e. The third-order valence-corrected chi connectivity index (χ3v) is 3.22. The van der Waals surface area contributed by atoms with Crippen LogP contribution in [0.1, 0.15) is 19.4 Å².